The van der Waals surface area contributed by atoms with Crippen LogP contribution in [0.2, 0.25) is 0 Å². The number of rotatable bonds is 8. The minimum atomic E-state index is 0.565. The van der Waals surface area contributed by atoms with Crippen LogP contribution in [0.4, 0.5) is 0 Å². The number of fused-ring (bicyclic) bond motifs is 8. The highest BCUT2D eigenvalue weighted by Gasteiger charge is 2.23. The molecule has 0 atom stereocenters. The molecule has 0 spiro atoms. The summed E-state index contributed by atoms with van der Waals surface area (Å²) in [7, 11) is 0. The summed E-state index contributed by atoms with van der Waals surface area (Å²) in [6.07, 6.45) is 3.73. The van der Waals surface area contributed by atoms with Crippen LogP contribution in [0.25, 0.3) is 139 Å². The monoisotopic (exact) mass is 932 g/mol. The van der Waals surface area contributed by atoms with Gasteiger partial charge in [0.25, 0.3) is 0 Å². The van der Waals surface area contributed by atoms with E-state index in [9.17, 15) is 0 Å². The zero-order chi connectivity index (χ0) is 48.2. The Labute approximate surface area is 419 Å². The summed E-state index contributed by atoms with van der Waals surface area (Å²) >= 11 is 0. The van der Waals surface area contributed by atoms with E-state index in [0.29, 0.717) is 11.6 Å². The fraction of sp³-hybridized carbons (Fsp3) is 0. The molecule has 0 amide bonds. The zero-order valence-electron chi connectivity index (χ0n) is 39.2. The number of pyridine rings is 2. The Kier molecular flexibility index (Phi) is 9.99. The molecule has 0 bridgehead atoms. The van der Waals surface area contributed by atoms with Crippen molar-refractivity contribution in [1.82, 2.24) is 39.5 Å². The molecule has 0 unspecified atom stereocenters. The molecule has 14 rings (SSSR count). The van der Waals surface area contributed by atoms with E-state index in [0.717, 1.165) is 122 Å². The molecule has 9 aromatic carbocycles. The summed E-state index contributed by atoms with van der Waals surface area (Å²) in [5.41, 5.74) is 14.0. The van der Waals surface area contributed by atoms with Crippen molar-refractivity contribution >= 4 is 54.4 Å². The van der Waals surface area contributed by atoms with Crippen molar-refractivity contribution in [1.29, 1.82) is 0 Å². The van der Waals surface area contributed by atoms with Gasteiger partial charge in [0.15, 0.2) is 11.6 Å². The molecular weight excluding hydrogens is 893 g/mol. The van der Waals surface area contributed by atoms with E-state index in [1.54, 1.807) is 0 Å². The van der Waals surface area contributed by atoms with Gasteiger partial charge in [-0.15, -0.1) is 0 Å². The Morgan fingerprint density at radius 3 is 1.23 bits per heavy atom. The second-order valence-electron chi connectivity index (χ2n) is 18.2. The number of imidazole rings is 1. The van der Waals surface area contributed by atoms with Crippen LogP contribution < -0.4 is 0 Å². The lowest BCUT2D eigenvalue weighted by Crippen LogP contribution is -2.01. The van der Waals surface area contributed by atoms with Crippen LogP contribution in [0.1, 0.15) is 0 Å². The number of hydrogen-bond donors (Lipinski definition) is 0. The Morgan fingerprint density at radius 2 is 0.699 bits per heavy atom. The number of para-hydroxylation sites is 3. The van der Waals surface area contributed by atoms with Crippen LogP contribution in [0, 0.1) is 0 Å². The first kappa shape index (κ1) is 41.9. The van der Waals surface area contributed by atoms with Gasteiger partial charge < -0.3 is 0 Å². The fourth-order valence-corrected chi connectivity index (χ4v) is 10.1. The summed E-state index contributed by atoms with van der Waals surface area (Å²) in [6, 6.07) is 79.5. The highest BCUT2D eigenvalue weighted by Crippen LogP contribution is 2.42. The molecule has 0 aliphatic heterocycles. The van der Waals surface area contributed by atoms with Crippen LogP contribution in [0.5, 0.6) is 0 Å². The van der Waals surface area contributed by atoms with E-state index in [4.69, 9.17) is 34.9 Å². The van der Waals surface area contributed by atoms with Gasteiger partial charge in [-0.3, -0.25) is 14.5 Å². The summed E-state index contributed by atoms with van der Waals surface area (Å²) in [4.78, 5) is 36.7. The second kappa shape index (κ2) is 17.4. The van der Waals surface area contributed by atoms with Crippen molar-refractivity contribution in [3.8, 4) is 84.9 Å². The second-order valence-corrected chi connectivity index (χ2v) is 18.2. The van der Waals surface area contributed by atoms with Gasteiger partial charge in [-0.25, -0.2) is 24.9 Å². The van der Waals surface area contributed by atoms with E-state index in [-0.39, 0.29) is 0 Å². The van der Waals surface area contributed by atoms with Gasteiger partial charge in [0.1, 0.15) is 5.82 Å². The Hall–Kier alpha value is -10.1. The number of nitrogens with zero attached hydrogens (tertiary/aromatic N) is 8. The number of benzene rings is 9. The molecule has 5 heterocycles. The third-order valence-electron chi connectivity index (χ3n) is 13.6. The molecule has 0 saturated carbocycles. The molecule has 73 heavy (non-hydrogen) atoms. The Bertz CT molecular complexity index is 4250. The van der Waals surface area contributed by atoms with Crippen molar-refractivity contribution in [2.24, 2.45) is 0 Å². The molecule has 0 fully saturated rings. The average Bonchev–Trinajstić information content (AvgIpc) is 3.89. The molecule has 0 radical (unpaired) electrons. The molecule has 0 saturated heterocycles. The average molecular weight is 933 g/mol. The van der Waals surface area contributed by atoms with Crippen LogP contribution in [-0.4, -0.2) is 39.5 Å². The van der Waals surface area contributed by atoms with Gasteiger partial charge in [0.05, 0.1) is 44.8 Å². The topological polar surface area (TPSA) is 95.2 Å². The molecule has 14 aromatic rings. The summed E-state index contributed by atoms with van der Waals surface area (Å²) in [6.45, 7) is 0. The summed E-state index contributed by atoms with van der Waals surface area (Å²) < 4.78 is 2.32. The van der Waals surface area contributed by atoms with E-state index in [2.05, 4.69) is 162 Å². The fourth-order valence-electron chi connectivity index (χ4n) is 10.1. The highest BCUT2D eigenvalue weighted by atomic mass is 15.1. The van der Waals surface area contributed by atoms with Gasteiger partial charge in [-0.1, -0.05) is 164 Å². The maximum absolute atomic E-state index is 5.71. The molecule has 0 N–H and O–H groups in total. The van der Waals surface area contributed by atoms with Crippen molar-refractivity contribution in [2.45, 2.75) is 0 Å². The molecule has 8 heteroatoms. The minimum absolute atomic E-state index is 0.565. The minimum Gasteiger partial charge on any atom is -0.292 e. The summed E-state index contributed by atoms with van der Waals surface area (Å²) in [5, 5.41) is 6.53. The van der Waals surface area contributed by atoms with E-state index < -0.39 is 0 Å². The maximum atomic E-state index is 5.71. The SMILES string of the molecule is c1ccc(-c2cc(-c3cc(-c4cc(-c5ccccc5)nc(-c5cnc6ccccc6c5)n4)cc(-c4nc5c6ccccc6c6ccccc6c5n4-c4ccccc4)c3)nc(-c3cnc4ccccc4c3)n2)cc1. The van der Waals surface area contributed by atoms with Gasteiger partial charge in [-0.2, -0.15) is 0 Å². The molecule has 340 valence electrons. The van der Waals surface area contributed by atoms with Crippen molar-refractivity contribution in [2.75, 3.05) is 0 Å². The molecule has 5 aromatic heterocycles. The first-order valence-electron chi connectivity index (χ1n) is 24.3. The van der Waals surface area contributed by atoms with Gasteiger partial charge in [-0.05, 0) is 77.5 Å². The lowest BCUT2D eigenvalue weighted by Gasteiger charge is -2.15. The van der Waals surface area contributed by atoms with Crippen molar-refractivity contribution < 1.29 is 0 Å². The summed E-state index contributed by atoms with van der Waals surface area (Å²) in [5.74, 6) is 1.91. The predicted molar refractivity (Wildman–Crippen MR) is 296 cm³/mol. The third-order valence-corrected chi connectivity index (χ3v) is 13.6. The zero-order valence-corrected chi connectivity index (χ0v) is 39.2. The Morgan fingerprint density at radius 1 is 0.288 bits per heavy atom. The third kappa shape index (κ3) is 7.53. The normalized spacial score (nSPS) is 11.6. The smallest absolute Gasteiger partial charge is 0.161 e. The largest absolute Gasteiger partial charge is 0.292 e. The predicted octanol–water partition coefficient (Wildman–Crippen LogP) is 15.7. The van der Waals surface area contributed by atoms with Crippen LogP contribution in [0.15, 0.2) is 243 Å². The van der Waals surface area contributed by atoms with E-state index in [1.165, 1.54) is 5.39 Å². The van der Waals surface area contributed by atoms with Crippen molar-refractivity contribution in [3.63, 3.8) is 0 Å². The van der Waals surface area contributed by atoms with Crippen LogP contribution in [-0.2, 0) is 0 Å². The molecule has 0 aliphatic carbocycles. The van der Waals surface area contributed by atoms with Gasteiger partial charge in [0.2, 0.25) is 0 Å². The number of aromatic nitrogens is 8. The quantitative estimate of drug-likeness (QED) is 0.140. The van der Waals surface area contributed by atoms with Crippen LogP contribution in [0.3, 0.4) is 0 Å². The molecule has 8 nitrogen and oxygen atoms in total. The first-order valence-corrected chi connectivity index (χ1v) is 24.3. The maximum Gasteiger partial charge on any atom is 0.161 e. The number of hydrogen-bond acceptors (Lipinski definition) is 7. The lowest BCUT2D eigenvalue weighted by molar-refractivity contribution is 1.10. The molecular formula is C65H40N8. The lowest BCUT2D eigenvalue weighted by atomic mass is 9.98. The Balaban J connectivity index is 1.08. The van der Waals surface area contributed by atoms with Gasteiger partial charge in [0, 0.05) is 78.6 Å². The van der Waals surface area contributed by atoms with Crippen LogP contribution >= 0.6 is 0 Å². The van der Waals surface area contributed by atoms with E-state index in [1.807, 2.05) is 85.2 Å². The van der Waals surface area contributed by atoms with E-state index >= 15 is 0 Å². The van der Waals surface area contributed by atoms with Gasteiger partial charge >= 0.3 is 0 Å². The van der Waals surface area contributed by atoms with Crippen molar-refractivity contribution in [3.05, 3.63) is 243 Å². The highest BCUT2D eigenvalue weighted by molar-refractivity contribution is 6.24. The standard InChI is InChI=1S/C65H40N8/c1-4-18-41(19-5-1)57-37-59(70-63(68-57)48-32-43-22-10-16-30-55(43)66-39-48)45-34-46(60-38-58(42-20-6-2-7-21-42)69-64(71-60)49-33-44-23-11-17-31-56(44)67-40-49)36-47(35-45)65-72-61-53-28-14-12-26-51(53)52-27-13-15-29-54(52)62(61)73(65)50-24-8-3-9-25-50/h1-40H. The molecule has 0 aliphatic rings. The first-order chi connectivity index (χ1) is 36.1.